The molecule has 0 fully saturated rings. The van der Waals surface area contributed by atoms with Gasteiger partial charge < -0.3 is 34.9 Å². The van der Waals surface area contributed by atoms with E-state index in [0.29, 0.717) is 13.2 Å². The normalized spacial score (nSPS) is 15.5. The zero-order chi connectivity index (χ0) is 19.3. The minimum Gasteiger partial charge on any atom is -0.490 e. The standard InChI is InChI=1S/C20H25N5O3/c1-24-14-22-10-16(24)13-25-6-8-28-19-5-4-15(9-18(19)25)23-20(26)12-21-11-17-3-2-7-27-17/h2-5,7,9-10,21-22H,6,8,11-14H2,1H3,(H,23,26). The summed E-state index contributed by atoms with van der Waals surface area (Å²) < 4.78 is 11.0. The van der Waals surface area contributed by atoms with Crippen LogP contribution in [0.3, 0.4) is 0 Å². The summed E-state index contributed by atoms with van der Waals surface area (Å²) in [4.78, 5) is 16.7. The number of carbonyl (C=O) groups is 1. The molecule has 8 nitrogen and oxygen atoms in total. The van der Waals surface area contributed by atoms with Crippen LogP contribution in [0.1, 0.15) is 5.76 Å². The van der Waals surface area contributed by atoms with Crippen molar-refractivity contribution in [1.82, 2.24) is 15.5 Å². The molecular weight excluding hydrogens is 358 g/mol. The third-order valence-corrected chi connectivity index (χ3v) is 4.81. The van der Waals surface area contributed by atoms with Crippen LogP contribution in [0.2, 0.25) is 0 Å². The Morgan fingerprint density at radius 1 is 1.32 bits per heavy atom. The Balaban J connectivity index is 1.37. The topological polar surface area (TPSA) is 82.0 Å². The highest BCUT2D eigenvalue weighted by Crippen LogP contribution is 2.34. The van der Waals surface area contributed by atoms with E-state index in [0.717, 1.165) is 42.6 Å². The minimum absolute atomic E-state index is 0.0998. The van der Waals surface area contributed by atoms with Crippen molar-refractivity contribution in [1.29, 1.82) is 0 Å². The molecule has 1 amide bonds. The number of nitrogens with zero attached hydrogens (tertiary/aromatic N) is 2. The first-order valence-electron chi connectivity index (χ1n) is 9.37. The lowest BCUT2D eigenvalue weighted by Crippen LogP contribution is -2.36. The summed E-state index contributed by atoms with van der Waals surface area (Å²) in [5.74, 6) is 1.54. The Labute approximate surface area is 164 Å². The highest BCUT2D eigenvalue weighted by Gasteiger charge is 2.22. The second kappa shape index (κ2) is 8.26. The quantitative estimate of drug-likeness (QED) is 0.669. The maximum atomic E-state index is 12.2. The Kier molecular flexibility index (Phi) is 5.38. The molecule has 1 aromatic carbocycles. The van der Waals surface area contributed by atoms with E-state index in [1.54, 1.807) is 6.26 Å². The van der Waals surface area contributed by atoms with Crippen molar-refractivity contribution in [3.63, 3.8) is 0 Å². The smallest absolute Gasteiger partial charge is 0.238 e. The van der Waals surface area contributed by atoms with E-state index in [2.05, 4.69) is 32.8 Å². The predicted octanol–water partition coefficient (Wildman–Crippen LogP) is 1.54. The largest absolute Gasteiger partial charge is 0.490 e. The molecule has 8 heteroatoms. The predicted molar refractivity (Wildman–Crippen MR) is 107 cm³/mol. The van der Waals surface area contributed by atoms with Gasteiger partial charge in [-0.15, -0.1) is 0 Å². The molecule has 0 saturated heterocycles. The van der Waals surface area contributed by atoms with Crippen LogP contribution in [-0.4, -0.2) is 50.8 Å². The lowest BCUT2D eigenvalue weighted by atomic mass is 10.2. The van der Waals surface area contributed by atoms with Gasteiger partial charge in [0.2, 0.25) is 5.91 Å². The number of amides is 1. The summed E-state index contributed by atoms with van der Waals surface area (Å²) in [7, 11) is 2.07. The van der Waals surface area contributed by atoms with Crippen molar-refractivity contribution in [2.24, 2.45) is 0 Å². The van der Waals surface area contributed by atoms with Gasteiger partial charge in [-0.3, -0.25) is 4.79 Å². The van der Waals surface area contributed by atoms with Gasteiger partial charge in [-0.2, -0.15) is 0 Å². The van der Waals surface area contributed by atoms with Crippen molar-refractivity contribution in [3.8, 4) is 5.75 Å². The Hall–Kier alpha value is -3.13. The molecule has 0 saturated carbocycles. The Morgan fingerprint density at radius 2 is 2.25 bits per heavy atom. The number of hydrogen-bond acceptors (Lipinski definition) is 7. The number of ether oxygens (including phenoxy) is 1. The summed E-state index contributed by atoms with van der Waals surface area (Å²) in [6.07, 6.45) is 3.67. The van der Waals surface area contributed by atoms with E-state index in [1.165, 1.54) is 5.70 Å². The highest BCUT2D eigenvalue weighted by atomic mass is 16.5. The molecule has 0 bridgehead atoms. The number of likely N-dealkylation sites (N-methyl/N-ethyl adjacent to an activating group) is 1. The molecule has 4 rings (SSSR count). The Morgan fingerprint density at radius 3 is 3.04 bits per heavy atom. The van der Waals surface area contributed by atoms with Gasteiger partial charge in [0.25, 0.3) is 0 Å². The fourth-order valence-corrected chi connectivity index (χ4v) is 3.31. The van der Waals surface area contributed by atoms with Crippen LogP contribution >= 0.6 is 0 Å². The molecule has 3 heterocycles. The number of anilines is 2. The Bertz CT molecular complexity index is 850. The van der Waals surface area contributed by atoms with Gasteiger partial charge in [-0.05, 0) is 30.3 Å². The van der Waals surface area contributed by atoms with Crippen molar-refractivity contribution >= 4 is 17.3 Å². The van der Waals surface area contributed by atoms with E-state index in [4.69, 9.17) is 9.15 Å². The number of hydrogen-bond donors (Lipinski definition) is 3. The van der Waals surface area contributed by atoms with Crippen LogP contribution in [0.5, 0.6) is 5.75 Å². The molecule has 2 aliphatic heterocycles. The molecule has 0 aliphatic carbocycles. The molecule has 148 valence electrons. The van der Waals surface area contributed by atoms with Crippen LogP contribution < -0.4 is 25.6 Å². The van der Waals surface area contributed by atoms with Gasteiger partial charge >= 0.3 is 0 Å². The van der Waals surface area contributed by atoms with Crippen LogP contribution in [0.15, 0.2) is 52.9 Å². The maximum Gasteiger partial charge on any atom is 0.238 e. The molecule has 2 aliphatic rings. The van der Waals surface area contributed by atoms with Gasteiger partial charge in [-0.1, -0.05) is 0 Å². The number of fused-ring (bicyclic) bond motifs is 1. The van der Waals surface area contributed by atoms with Crippen molar-refractivity contribution < 1.29 is 13.9 Å². The highest BCUT2D eigenvalue weighted by molar-refractivity contribution is 5.93. The van der Waals surface area contributed by atoms with Crippen LogP contribution in [0, 0.1) is 0 Å². The van der Waals surface area contributed by atoms with Gasteiger partial charge in [-0.25, -0.2) is 0 Å². The fraction of sp³-hybridized carbons (Fsp3) is 0.350. The molecule has 3 N–H and O–H groups in total. The van der Waals surface area contributed by atoms with E-state index < -0.39 is 0 Å². The van der Waals surface area contributed by atoms with E-state index >= 15 is 0 Å². The average molecular weight is 383 g/mol. The number of carbonyl (C=O) groups excluding carboxylic acids is 1. The molecule has 2 aromatic rings. The number of rotatable bonds is 7. The summed E-state index contributed by atoms with van der Waals surface area (Å²) in [6.45, 7) is 3.81. The third-order valence-electron chi connectivity index (χ3n) is 4.81. The maximum absolute atomic E-state index is 12.2. The lowest BCUT2D eigenvalue weighted by Gasteiger charge is -2.33. The molecular formula is C20H25N5O3. The van der Waals surface area contributed by atoms with Gasteiger partial charge in [0.1, 0.15) is 18.1 Å². The SMILES string of the molecule is CN1CNC=C1CN1CCOc2ccc(NC(=O)CNCc3ccco3)cc21. The first-order chi connectivity index (χ1) is 13.7. The molecule has 0 unspecified atom stereocenters. The fourth-order valence-electron chi connectivity index (χ4n) is 3.31. The van der Waals surface area contributed by atoms with Gasteiger partial charge in [0.05, 0.1) is 50.5 Å². The summed E-state index contributed by atoms with van der Waals surface area (Å²) >= 11 is 0. The average Bonchev–Trinajstić information content (AvgIpc) is 3.34. The third kappa shape index (κ3) is 4.23. The van der Waals surface area contributed by atoms with Gasteiger partial charge in [0, 0.05) is 18.9 Å². The minimum atomic E-state index is -0.0998. The van der Waals surface area contributed by atoms with Gasteiger partial charge in [0.15, 0.2) is 0 Å². The second-order valence-corrected chi connectivity index (χ2v) is 6.88. The molecule has 0 radical (unpaired) electrons. The number of nitrogens with one attached hydrogen (secondary N) is 3. The second-order valence-electron chi connectivity index (χ2n) is 6.88. The van der Waals surface area contributed by atoms with Crippen molar-refractivity contribution in [2.75, 3.05) is 50.2 Å². The van der Waals surface area contributed by atoms with Crippen LogP contribution in [0.25, 0.3) is 0 Å². The molecule has 1 aromatic heterocycles. The van der Waals surface area contributed by atoms with E-state index in [1.807, 2.05) is 36.5 Å². The first kappa shape index (κ1) is 18.2. The lowest BCUT2D eigenvalue weighted by molar-refractivity contribution is -0.115. The number of furan rings is 1. The summed E-state index contributed by atoms with van der Waals surface area (Å²) in [5.41, 5.74) is 2.98. The van der Waals surface area contributed by atoms with Crippen molar-refractivity contribution in [3.05, 3.63) is 54.3 Å². The monoisotopic (exact) mass is 383 g/mol. The van der Waals surface area contributed by atoms with E-state index in [-0.39, 0.29) is 12.5 Å². The van der Waals surface area contributed by atoms with E-state index in [9.17, 15) is 4.79 Å². The zero-order valence-electron chi connectivity index (χ0n) is 15.9. The molecule has 0 spiro atoms. The van der Waals surface area contributed by atoms with Crippen LogP contribution in [-0.2, 0) is 11.3 Å². The first-order valence-corrected chi connectivity index (χ1v) is 9.37. The molecule has 0 atom stereocenters. The number of benzene rings is 1. The van der Waals surface area contributed by atoms with Crippen molar-refractivity contribution in [2.45, 2.75) is 6.54 Å². The zero-order valence-corrected chi connectivity index (χ0v) is 15.9. The summed E-state index contributed by atoms with van der Waals surface area (Å²) in [5, 5.41) is 9.25. The molecule has 28 heavy (non-hydrogen) atoms. The summed E-state index contributed by atoms with van der Waals surface area (Å²) in [6, 6.07) is 9.46. The van der Waals surface area contributed by atoms with Crippen LogP contribution in [0.4, 0.5) is 11.4 Å².